The molecule has 4 heteroatoms. The molecule has 0 aliphatic rings. The van der Waals surface area contributed by atoms with Crippen LogP contribution in [0.5, 0.6) is 0 Å². The molecule has 10 rings (SSSR count). The molecule has 0 spiro atoms. The summed E-state index contributed by atoms with van der Waals surface area (Å²) < 4.78 is 2.40. The summed E-state index contributed by atoms with van der Waals surface area (Å²) in [6, 6.07) is 68.5. The normalized spacial score (nSPS) is 12.3. The molecule has 10 aromatic rings. The highest BCUT2D eigenvalue weighted by atomic mass is 15.0. The molecular weight excluding hydrogens is 681 g/mol. The second kappa shape index (κ2) is 14.1. The zero-order chi connectivity index (χ0) is 37.4. The number of fused-ring (bicyclic) bond motifs is 9. The number of para-hydroxylation sites is 1. The summed E-state index contributed by atoms with van der Waals surface area (Å²) in [5.41, 5.74) is 8.58. The van der Waals surface area contributed by atoms with Gasteiger partial charge in [0.05, 0.1) is 17.6 Å². The summed E-state index contributed by atoms with van der Waals surface area (Å²) in [4.78, 5) is 15.1. The maximum atomic E-state index is 5.34. The monoisotopic (exact) mass is 716 g/mol. The Balaban J connectivity index is 1.33. The third-order valence-corrected chi connectivity index (χ3v) is 10.8. The molecule has 0 bridgehead atoms. The Morgan fingerprint density at radius 1 is 0.446 bits per heavy atom. The summed E-state index contributed by atoms with van der Waals surface area (Å²) in [5, 5.41) is 9.34. The van der Waals surface area contributed by atoms with Crippen molar-refractivity contribution in [2.24, 2.45) is 15.0 Å². The fraction of sp³-hybridized carbons (Fsp3) is 0.0192. The summed E-state index contributed by atoms with van der Waals surface area (Å²) >= 11 is 0. The van der Waals surface area contributed by atoms with Crippen molar-refractivity contribution in [3.8, 4) is 16.8 Å². The van der Waals surface area contributed by atoms with Crippen molar-refractivity contribution in [2.45, 2.75) is 6.54 Å². The number of aromatic nitrogens is 1. The van der Waals surface area contributed by atoms with Crippen molar-refractivity contribution >= 4 is 72.5 Å². The van der Waals surface area contributed by atoms with Gasteiger partial charge >= 0.3 is 0 Å². The third kappa shape index (κ3) is 5.76. The molecule has 0 saturated heterocycles. The van der Waals surface area contributed by atoms with Crippen molar-refractivity contribution in [3.05, 3.63) is 211 Å². The lowest BCUT2D eigenvalue weighted by Gasteiger charge is -2.18. The highest BCUT2D eigenvalue weighted by Crippen LogP contribution is 2.41. The number of nitrogens with zero attached hydrogens (tertiary/aromatic N) is 4. The van der Waals surface area contributed by atoms with Crippen molar-refractivity contribution in [1.82, 2.24) is 4.57 Å². The minimum atomic E-state index is 0.452. The molecule has 1 aromatic heterocycles. The molecule has 0 amide bonds. The molecule has 0 N–H and O–H groups in total. The lowest BCUT2D eigenvalue weighted by atomic mass is 9.90. The first-order valence-electron chi connectivity index (χ1n) is 18.9. The van der Waals surface area contributed by atoms with Crippen molar-refractivity contribution in [2.75, 3.05) is 0 Å². The molecule has 0 saturated carbocycles. The number of hydrogen-bond acceptors (Lipinski definition) is 1. The SMILES string of the molecule is C=NC(=NC(=NCc1ccccc1)c1cc(-n2c3ccccc3c3cc(-c4ccccc4)ccc32)cc2c3ccccc3c3ccccc3c12)c1ccccc1. The maximum Gasteiger partial charge on any atom is 0.161 e. The van der Waals surface area contributed by atoms with Gasteiger partial charge in [0.1, 0.15) is 0 Å². The topological polar surface area (TPSA) is 42.0 Å². The molecule has 56 heavy (non-hydrogen) atoms. The van der Waals surface area contributed by atoms with Crippen LogP contribution >= 0.6 is 0 Å². The second-order valence-electron chi connectivity index (χ2n) is 14.0. The molecule has 4 nitrogen and oxygen atoms in total. The van der Waals surface area contributed by atoms with Crippen molar-refractivity contribution in [3.63, 3.8) is 0 Å². The first-order chi connectivity index (χ1) is 27.7. The minimum absolute atomic E-state index is 0.452. The Morgan fingerprint density at radius 3 is 1.73 bits per heavy atom. The molecule has 264 valence electrons. The lowest BCUT2D eigenvalue weighted by Crippen LogP contribution is -2.08. The van der Waals surface area contributed by atoms with Crippen LogP contribution in [0.3, 0.4) is 0 Å². The van der Waals surface area contributed by atoms with Crippen LogP contribution in [-0.2, 0) is 6.54 Å². The molecule has 0 fully saturated rings. The van der Waals surface area contributed by atoms with Gasteiger partial charge in [0.25, 0.3) is 0 Å². The predicted molar refractivity (Wildman–Crippen MR) is 238 cm³/mol. The average Bonchev–Trinajstić information content (AvgIpc) is 3.61. The van der Waals surface area contributed by atoms with Gasteiger partial charge in [-0.15, -0.1) is 0 Å². The summed E-state index contributed by atoms with van der Waals surface area (Å²) in [6.45, 7) is 4.42. The van der Waals surface area contributed by atoms with Crippen LogP contribution in [0.15, 0.2) is 209 Å². The van der Waals surface area contributed by atoms with Gasteiger partial charge in [0, 0.05) is 33.0 Å². The first kappa shape index (κ1) is 33.2. The zero-order valence-electron chi connectivity index (χ0n) is 30.7. The van der Waals surface area contributed by atoms with Gasteiger partial charge in [-0.3, -0.25) is 4.99 Å². The van der Waals surface area contributed by atoms with E-state index in [0.29, 0.717) is 18.2 Å². The van der Waals surface area contributed by atoms with E-state index in [-0.39, 0.29) is 0 Å². The molecule has 0 aliphatic heterocycles. The van der Waals surface area contributed by atoms with E-state index in [9.17, 15) is 0 Å². The highest BCUT2D eigenvalue weighted by Gasteiger charge is 2.21. The van der Waals surface area contributed by atoms with E-state index >= 15 is 0 Å². The quantitative estimate of drug-likeness (QED) is 0.0934. The fourth-order valence-corrected chi connectivity index (χ4v) is 8.19. The number of amidine groups is 2. The van der Waals surface area contributed by atoms with Crippen LogP contribution in [0.25, 0.3) is 70.9 Å². The van der Waals surface area contributed by atoms with Crippen LogP contribution < -0.4 is 0 Å². The third-order valence-electron chi connectivity index (χ3n) is 10.8. The van der Waals surface area contributed by atoms with Gasteiger partial charge in [-0.25, -0.2) is 9.98 Å². The smallest absolute Gasteiger partial charge is 0.161 e. The molecule has 0 aliphatic carbocycles. The molecule has 0 atom stereocenters. The molecule has 0 unspecified atom stereocenters. The summed E-state index contributed by atoms with van der Waals surface area (Å²) in [5.74, 6) is 1.12. The molecule has 1 heterocycles. The number of benzene rings is 9. The van der Waals surface area contributed by atoms with E-state index in [2.05, 4.69) is 174 Å². The van der Waals surface area contributed by atoms with E-state index in [4.69, 9.17) is 9.98 Å². The predicted octanol–water partition coefficient (Wildman–Crippen LogP) is 13.0. The van der Waals surface area contributed by atoms with Gasteiger partial charge in [0.2, 0.25) is 0 Å². The Kier molecular flexibility index (Phi) is 8.34. The largest absolute Gasteiger partial charge is 0.309 e. The van der Waals surface area contributed by atoms with Crippen LogP contribution in [0.2, 0.25) is 0 Å². The van der Waals surface area contributed by atoms with E-state index < -0.39 is 0 Å². The van der Waals surface area contributed by atoms with Gasteiger partial charge in [-0.05, 0) is 80.7 Å². The van der Waals surface area contributed by atoms with Gasteiger partial charge < -0.3 is 4.57 Å². The molecular formula is C52H36N4. The van der Waals surface area contributed by atoms with Crippen LogP contribution in [-0.4, -0.2) is 23.0 Å². The van der Waals surface area contributed by atoms with Gasteiger partial charge in [0.15, 0.2) is 11.7 Å². The second-order valence-corrected chi connectivity index (χ2v) is 14.0. The van der Waals surface area contributed by atoms with Crippen LogP contribution in [0, 0.1) is 0 Å². The Morgan fingerprint density at radius 2 is 1.02 bits per heavy atom. The standard InChI is InChI=1S/C52H36N4/c1-53-51(37-21-9-4-10-22-37)55-52(54-34-35-17-5-2-6-18-35)47-33-39(32-46-42-25-12-11-23-40(42)41-24-13-14-27-44(41)50(46)47)56-48-28-16-15-26-43(48)45-31-38(29-30-49(45)56)36-19-7-3-8-20-36/h2-33H,1,34H2. The molecule has 9 aromatic carbocycles. The zero-order valence-corrected chi connectivity index (χ0v) is 30.7. The Hall–Kier alpha value is -7.43. The fourth-order valence-electron chi connectivity index (χ4n) is 8.19. The number of rotatable bonds is 6. The Labute approximate surface area is 325 Å². The average molecular weight is 717 g/mol. The number of aliphatic imine (C=N–C) groups is 3. The van der Waals surface area contributed by atoms with Gasteiger partial charge in [-0.2, -0.15) is 0 Å². The summed E-state index contributed by atoms with van der Waals surface area (Å²) in [6.07, 6.45) is 0. The highest BCUT2D eigenvalue weighted by molar-refractivity contribution is 6.31. The van der Waals surface area contributed by atoms with E-state index in [1.54, 1.807) is 0 Å². The lowest BCUT2D eigenvalue weighted by molar-refractivity contribution is 1.06. The van der Waals surface area contributed by atoms with Crippen molar-refractivity contribution < 1.29 is 0 Å². The van der Waals surface area contributed by atoms with E-state index in [1.165, 1.54) is 38.1 Å². The number of hydrogen-bond donors (Lipinski definition) is 0. The van der Waals surface area contributed by atoms with E-state index in [0.717, 1.165) is 49.6 Å². The summed E-state index contributed by atoms with van der Waals surface area (Å²) in [7, 11) is 0. The van der Waals surface area contributed by atoms with Crippen molar-refractivity contribution in [1.29, 1.82) is 0 Å². The van der Waals surface area contributed by atoms with Crippen LogP contribution in [0.1, 0.15) is 16.7 Å². The van der Waals surface area contributed by atoms with E-state index in [1.807, 2.05) is 36.4 Å². The maximum absolute atomic E-state index is 5.34. The van der Waals surface area contributed by atoms with Gasteiger partial charge in [-0.1, -0.05) is 164 Å². The Bertz CT molecular complexity index is 3160. The minimum Gasteiger partial charge on any atom is -0.309 e. The first-order valence-corrected chi connectivity index (χ1v) is 18.9. The van der Waals surface area contributed by atoms with Crippen LogP contribution in [0.4, 0.5) is 0 Å². The molecule has 0 radical (unpaired) electrons.